The van der Waals surface area contributed by atoms with E-state index >= 15 is 0 Å². The number of nitrogens with one attached hydrogen (secondary N) is 1. The lowest BCUT2D eigenvalue weighted by Crippen LogP contribution is -2.22. The van der Waals surface area contributed by atoms with Gasteiger partial charge in [0, 0.05) is 5.69 Å². The fourth-order valence-corrected chi connectivity index (χ4v) is 1.86. The lowest BCUT2D eigenvalue weighted by Gasteiger charge is -2.11. The van der Waals surface area contributed by atoms with Crippen molar-refractivity contribution >= 4 is 17.6 Å². The fraction of sp³-hybridized carbons (Fsp3) is 0.267. The van der Waals surface area contributed by atoms with E-state index in [0.29, 0.717) is 18.0 Å². The van der Waals surface area contributed by atoms with E-state index in [1.807, 2.05) is 0 Å². The van der Waals surface area contributed by atoms with Gasteiger partial charge < -0.3 is 15.8 Å². The minimum absolute atomic E-state index is 0.199. The molecule has 0 bridgehead atoms. The van der Waals surface area contributed by atoms with Crippen molar-refractivity contribution in [1.29, 1.82) is 0 Å². The maximum atomic E-state index is 12.8. The third-order valence-corrected chi connectivity index (χ3v) is 2.95. The van der Waals surface area contributed by atoms with Crippen molar-refractivity contribution in [3.8, 4) is 5.75 Å². The first-order valence-corrected chi connectivity index (χ1v) is 7.36. The summed E-state index contributed by atoms with van der Waals surface area (Å²) >= 11 is 0. The Labute approximate surface area is 149 Å². The van der Waals surface area contributed by atoms with Gasteiger partial charge >= 0.3 is 12.4 Å². The molecule has 0 saturated carbocycles. The van der Waals surface area contributed by atoms with Crippen LogP contribution in [0.2, 0.25) is 0 Å². The number of halogens is 6. The number of guanidine groups is 1. The molecule has 0 aliphatic carbocycles. The number of alkyl halides is 6. The highest BCUT2D eigenvalue weighted by Gasteiger charge is 2.39. The number of aliphatic imine (C=N–C) groups is 1. The molecule has 27 heavy (non-hydrogen) atoms. The Morgan fingerprint density at radius 2 is 1.56 bits per heavy atom. The SMILES string of the molecule is CCOc1ccc(NC(N)=Nc2nc(C(F)(F)F)cc(C(F)(F)F)n2)cc1. The van der Waals surface area contributed by atoms with Gasteiger partial charge in [-0.2, -0.15) is 31.3 Å². The van der Waals surface area contributed by atoms with E-state index in [9.17, 15) is 26.3 Å². The summed E-state index contributed by atoms with van der Waals surface area (Å²) in [6, 6.07) is 6.03. The fourth-order valence-electron chi connectivity index (χ4n) is 1.86. The highest BCUT2D eigenvalue weighted by Crippen LogP contribution is 2.34. The van der Waals surface area contributed by atoms with Crippen LogP contribution < -0.4 is 15.8 Å². The number of ether oxygens (including phenoxy) is 1. The molecular formula is C15H13F6N5O. The number of rotatable bonds is 4. The zero-order valence-corrected chi connectivity index (χ0v) is 13.7. The molecule has 0 spiro atoms. The van der Waals surface area contributed by atoms with Crippen LogP contribution >= 0.6 is 0 Å². The van der Waals surface area contributed by atoms with Crippen molar-refractivity contribution in [2.24, 2.45) is 10.7 Å². The quantitative estimate of drug-likeness (QED) is 0.466. The van der Waals surface area contributed by atoms with Gasteiger partial charge in [-0.1, -0.05) is 0 Å². The van der Waals surface area contributed by atoms with Crippen LogP contribution in [0.5, 0.6) is 5.75 Å². The molecule has 3 N–H and O–H groups in total. The Morgan fingerprint density at radius 1 is 1.04 bits per heavy atom. The molecule has 2 rings (SSSR count). The Hall–Kier alpha value is -3.05. The van der Waals surface area contributed by atoms with Gasteiger partial charge in [0.25, 0.3) is 5.95 Å². The van der Waals surface area contributed by atoms with Crippen LogP contribution in [0.15, 0.2) is 35.3 Å². The summed E-state index contributed by atoms with van der Waals surface area (Å²) in [4.78, 5) is 9.34. The monoisotopic (exact) mass is 393 g/mol. The Morgan fingerprint density at radius 3 is 2.00 bits per heavy atom. The lowest BCUT2D eigenvalue weighted by molar-refractivity contribution is -0.147. The Kier molecular flexibility index (Phi) is 5.76. The average Bonchev–Trinajstić information content (AvgIpc) is 2.55. The van der Waals surface area contributed by atoms with Crippen LogP contribution in [-0.4, -0.2) is 22.5 Å². The second-order valence-electron chi connectivity index (χ2n) is 5.01. The molecule has 1 aromatic carbocycles. The Balaban J connectivity index is 2.30. The van der Waals surface area contributed by atoms with Gasteiger partial charge in [-0.05, 0) is 37.3 Å². The average molecular weight is 393 g/mol. The van der Waals surface area contributed by atoms with Crippen molar-refractivity contribution in [1.82, 2.24) is 9.97 Å². The molecule has 12 heteroatoms. The van der Waals surface area contributed by atoms with Gasteiger partial charge in [-0.3, -0.25) is 0 Å². The van der Waals surface area contributed by atoms with Gasteiger partial charge in [0.1, 0.15) is 5.75 Å². The summed E-state index contributed by atoms with van der Waals surface area (Å²) < 4.78 is 81.8. The lowest BCUT2D eigenvalue weighted by atomic mass is 10.3. The van der Waals surface area contributed by atoms with Crippen LogP contribution in [0.25, 0.3) is 0 Å². The molecule has 1 aromatic heterocycles. The van der Waals surface area contributed by atoms with E-state index < -0.39 is 35.6 Å². The molecule has 0 amide bonds. The molecule has 146 valence electrons. The standard InChI is InChI=1S/C15H13F6N5O/c1-2-27-9-5-3-8(4-6-9)23-12(22)26-13-24-10(14(16,17)18)7-11(25-13)15(19,20)21/h3-7H,2H2,1H3,(H3,22,23,24,25,26). The van der Waals surface area contributed by atoms with E-state index in [1.54, 1.807) is 19.1 Å². The first kappa shape index (κ1) is 20.3. The third kappa shape index (κ3) is 5.72. The summed E-state index contributed by atoms with van der Waals surface area (Å²) in [7, 11) is 0. The van der Waals surface area contributed by atoms with Gasteiger partial charge in [-0.15, -0.1) is 0 Å². The minimum Gasteiger partial charge on any atom is -0.494 e. The largest absolute Gasteiger partial charge is 0.494 e. The van der Waals surface area contributed by atoms with E-state index in [1.165, 1.54) is 12.1 Å². The smallest absolute Gasteiger partial charge is 0.433 e. The first-order chi connectivity index (χ1) is 12.5. The summed E-state index contributed by atoms with van der Waals surface area (Å²) in [5, 5.41) is 2.51. The van der Waals surface area contributed by atoms with E-state index in [2.05, 4.69) is 20.3 Å². The number of aromatic nitrogens is 2. The summed E-state index contributed by atoms with van der Waals surface area (Å²) in [5.74, 6) is -1.01. The predicted molar refractivity (Wildman–Crippen MR) is 84.6 cm³/mol. The molecule has 6 nitrogen and oxygen atoms in total. The van der Waals surface area contributed by atoms with Crippen LogP contribution in [0.1, 0.15) is 18.3 Å². The maximum Gasteiger partial charge on any atom is 0.433 e. The molecule has 0 fully saturated rings. The second-order valence-corrected chi connectivity index (χ2v) is 5.01. The van der Waals surface area contributed by atoms with Crippen molar-refractivity contribution in [2.75, 3.05) is 11.9 Å². The molecule has 0 aliphatic heterocycles. The Bertz CT molecular complexity index is 785. The van der Waals surface area contributed by atoms with Gasteiger partial charge in [0.2, 0.25) is 5.96 Å². The molecule has 1 heterocycles. The molecule has 0 atom stereocenters. The van der Waals surface area contributed by atoms with Crippen LogP contribution in [0.3, 0.4) is 0 Å². The summed E-state index contributed by atoms with van der Waals surface area (Å²) in [6.07, 6.45) is -10.2. The van der Waals surface area contributed by atoms with Crippen molar-refractivity contribution in [3.63, 3.8) is 0 Å². The topological polar surface area (TPSA) is 85.4 Å². The second kappa shape index (κ2) is 7.68. The molecule has 0 aliphatic rings. The minimum atomic E-state index is -5.11. The number of benzene rings is 1. The normalized spacial score (nSPS) is 12.8. The zero-order chi connectivity index (χ0) is 20.2. The van der Waals surface area contributed by atoms with Crippen molar-refractivity contribution in [3.05, 3.63) is 41.7 Å². The number of anilines is 1. The van der Waals surface area contributed by atoms with Crippen LogP contribution in [0, 0.1) is 0 Å². The predicted octanol–water partition coefficient (Wildman–Crippen LogP) is 3.97. The zero-order valence-electron chi connectivity index (χ0n) is 13.7. The van der Waals surface area contributed by atoms with Crippen molar-refractivity contribution in [2.45, 2.75) is 19.3 Å². The third-order valence-electron chi connectivity index (χ3n) is 2.95. The molecule has 0 radical (unpaired) electrons. The van der Waals surface area contributed by atoms with Crippen LogP contribution in [-0.2, 0) is 12.4 Å². The molecular weight excluding hydrogens is 380 g/mol. The highest BCUT2D eigenvalue weighted by molar-refractivity contribution is 5.93. The summed E-state index contributed by atoms with van der Waals surface area (Å²) in [5.41, 5.74) is 2.34. The molecule has 0 unspecified atom stereocenters. The van der Waals surface area contributed by atoms with E-state index in [4.69, 9.17) is 10.5 Å². The molecule has 0 saturated heterocycles. The number of hydrogen-bond acceptors (Lipinski definition) is 4. The van der Waals surface area contributed by atoms with Crippen molar-refractivity contribution < 1.29 is 31.1 Å². The van der Waals surface area contributed by atoms with Gasteiger partial charge in [0.15, 0.2) is 11.4 Å². The highest BCUT2D eigenvalue weighted by atomic mass is 19.4. The number of hydrogen-bond donors (Lipinski definition) is 2. The summed E-state index contributed by atoms with van der Waals surface area (Å²) in [6.45, 7) is 2.24. The van der Waals surface area contributed by atoms with E-state index in [0.717, 1.165) is 0 Å². The van der Waals surface area contributed by atoms with Gasteiger partial charge in [0.05, 0.1) is 6.61 Å². The maximum absolute atomic E-state index is 12.8. The van der Waals surface area contributed by atoms with Crippen LogP contribution in [0.4, 0.5) is 38.0 Å². The van der Waals surface area contributed by atoms with E-state index in [-0.39, 0.29) is 6.07 Å². The number of nitrogens with zero attached hydrogens (tertiary/aromatic N) is 3. The molecule has 2 aromatic rings. The number of nitrogens with two attached hydrogens (primary N) is 1. The van der Waals surface area contributed by atoms with Gasteiger partial charge in [-0.25, -0.2) is 9.97 Å². The first-order valence-electron chi connectivity index (χ1n) is 7.36.